The largest absolute Gasteiger partial charge is 0.345 e. The molecular weight excluding hydrogens is 234 g/mol. The first-order chi connectivity index (χ1) is 8.25. The summed E-state index contributed by atoms with van der Waals surface area (Å²) in [4.78, 5) is 11.7. The van der Waals surface area contributed by atoms with Gasteiger partial charge in [0.2, 0.25) is 0 Å². The molecule has 2 aromatic heterocycles. The number of benzene rings is 1. The lowest BCUT2D eigenvalue weighted by Gasteiger charge is -1.98. The van der Waals surface area contributed by atoms with Crippen molar-refractivity contribution in [3.8, 4) is 0 Å². The van der Waals surface area contributed by atoms with Gasteiger partial charge >= 0.3 is 5.69 Å². The lowest BCUT2D eigenvalue weighted by Crippen LogP contribution is -2.23. The second-order valence-electron chi connectivity index (χ2n) is 3.94. The molecule has 0 atom stereocenters. The highest BCUT2D eigenvalue weighted by Crippen LogP contribution is 2.25. The monoisotopic (exact) mass is 245 g/mol. The molecule has 0 aliphatic heterocycles. The standard InChI is InChI=1S/C12H11N3OS/c1-14-8-13-15(12(14)16)6-9-7-17-11-5-3-2-4-10(9)11/h2-5,7-8H,6H2,1H3. The van der Waals surface area contributed by atoms with Gasteiger partial charge < -0.3 is 0 Å². The van der Waals surface area contributed by atoms with Crippen molar-refractivity contribution >= 4 is 21.4 Å². The Bertz CT molecular complexity index is 723. The van der Waals surface area contributed by atoms with E-state index in [1.165, 1.54) is 25.7 Å². The number of fused-ring (bicyclic) bond motifs is 1. The van der Waals surface area contributed by atoms with Crippen LogP contribution in [0, 0.1) is 0 Å². The molecule has 0 amide bonds. The van der Waals surface area contributed by atoms with Crippen molar-refractivity contribution < 1.29 is 0 Å². The third kappa shape index (κ3) is 1.68. The zero-order valence-corrected chi connectivity index (χ0v) is 10.1. The van der Waals surface area contributed by atoms with Crippen LogP contribution in [-0.2, 0) is 13.6 Å². The van der Waals surface area contributed by atoms with E-state index in [1.807, 2.05) is 12.1 Å². The fourth-order valence-electron chi connectivity index (χ4n) is 1.85. The zero-order chi connectivity index (χ0) is 11.8. The smallest absolute Gasteiger partial charge is 0.285 e. The average molecular weight is 245 g/mol. The van der Waals surface area contributed by atoms with Gasteiger partial charge in [-0.3, -0.25) is 4.57 Å². The third-order valence-corrected chi connectivity index (χ3v) is 3.78. The first-order valence-corrected chi connectivity index (χ1v) is 6.17. The summed E-state index contributed by atoms with van der Waals surface area (Å²) in [5, 5.41) is 7.36. The minimum absolute atomic E-state index is 0.0831. The molecule has 4 nitrogen and oxygen atoms in total. The first-order valence-electron chi connectivity index (χ1n) is 5.29. The van der Waals surface area contributed by atoms with Gasteiger partial charge in [-0.05, 0) is 22.4 Å². The van der Waals surface area contributed by atoms with E-state index in [1.54, 1.807) is 18.4 Å². The third-order valence-electron chi connectivity index (χ3n) is 2.77. The zero-order valence-electron chi connectivity index (χ0n) is 9.33. The number of nitrogens with zero attached hydrogens (tertiary/aromatic N) is 3. The summed E-state index contributed by atoms with van der Waals surface area (Å²) in [6.45, 7) is 0.531. The van der Waals surface area contributed by atoms with Gasteiger partial charge in [-0.2, -0.15) is 5.10 Å². The van der Waals surface area contributed by atoms with E-state index >= 15 is 0 Å². The van der Waals surface area contributed by atoms with Crippen LogP contribution in [-0.4, -0.2) is 14.3 Å². The fraction of sp³-hybridized carbons (Fsp3) is 0.167. The van der Waals surface area contributed by atoms with Gasteiger partial charge in [-0.1, -0.05) is 18.2 Å². The van der Waals surface area contributed by atoms with Crippen LogP contribution in [0.2, 0.25) is 0 Å². The van der Waals surface area contributed by atoms with Crippen molar-refractivity contribution in [1.29, 1.82) is 0 Å². The Balaban J connectivity index is 2.06. The maximum absolute atomic E-state index is 11.7. The summed E-state index contributed by atoms with van der Waals surface area (Å²) < 4.78 is 4.20. The van der Waals surface area contributed by atoms with Gasteiger partial charge in [-0.15, -0.1) is 11.3 Å². The first kappa shape index (κ1) is 10.3. The van der Waals surface area contributed by atoms with Crippen molar-refractivity contribution in [2.24, 2.45) is 7.05 Å². The van der Waals surface area contributed by atoms with Crippen LogP contribution in [0.3, 0.4) is 0 Å². The molecule has 0 spiro atoms. The number of aromatic nitrogens is 3. The number of hydrogen-bond donors (Lipinski definition) is 0. The number of rotatable bonds is 2. The van der Waals surface area contributed by atoms with Crippen LogP contribution >= 0.6 is 11.3 Å². The lowest BCUT2D eigenvalue weighted by atomic mass is 10.2. The molecule has 3 rings (SSSR count). The van der Waals surface area contributed by atoms with Gasteiger partial charge in [0.15, 0.2) is 0 Å². The highest BCUT2D eigenvalue weighted by molar-refractivity contribution is 7.17. The Labute approximate surface area is 102 Å². The highest BCUT2D eigenvalue weighted by atomic mass is 32.1. The average Bonchev–Trinajstić information content (AvgIpc) is 2.89. The topological polar surface area (TPSA) is 39.8 Å². The van der Waals surface area contributed by atoms with Gasteiger partial charge in [0.1, 0.15) is 6.33 Å². The summed E-state index contributed by atoms with van der Waals surface area (Å²) in [6.07, 6.45) is 1.54. The summed E-state index contributed by atoms with van der Waals surface area (Å²) in [5.41, 5.74) is 1.06. The molecule has 17 heavy (non-hydrogen) atoms. The Morgan fingerprint density at radius 2 is 2.18 bits per heavy atom. The number of thiophene rings is 1. The Morgan fingerprint density at radius 1 is 1.35 bits per heavy atom. The van der Waals surface area contributed by atoms with E-state index in [4.69, 9.17) is 0 Å². The molecule has 86 valence electrons. The minimum atomic E-state index is -0.0831. The van der Waals surface area contributed by atoms with Crippen LogP contribution in [0.4, 0.5) is 0 Å². The lowest BCUT2D eigenvalue weighted by molar-refractivity contribution is 0.650. The Hall–Kier alpha value is -1.88. The van der Waals surface area contributed by atoms with E-state index in [-0.39, 0.29) is 5.69 Å². The van der Waals surface area contributed by atoms with Crippen LogP contribution in [0.5, 0.6) is 0 Å². The molecule has 3 aromatic rings. The van der Waals surface area contributed by atoms with E-state index in [0.717, 1.165) is 5.56 Å². The molecule has 0 saturated carbocycles. The maximum Gasteiger partial charge on any atom is 0.345 e. The number of aryl methyl sites for hydroxylation is 1. The molecule has 0 bridgehead atoms. The summed E-state index contributed by atoms with van der Waals surface area (Å²) in [5.74, 6) is 0. The van der Waals surface area contributed by atoms with Crippen molar-refractivity contribution in [3.05, 3.63) is 52.0 Å². The molecule has 0 aliphatic carbocycles. The normalized spacial score (nSPS) is 11.1. The van der Waals surface area contributed by atoms with Crippen molar-refractivity contribution in [3.63, 3.8) is 0 Å². The fourth-order valence-corrected chi connectivity index (χ4v) is 2.80. The molecule has 0 radical (unpaired) electrons. The molecular formula is C12H11N3OS. The quantitative estimate of drug-likeness (QED) is 0.691. The Morgan fingerprint density at radius 3 is 2.94 bits per heavy atom. The SMILES string of the molecule is Cn1cnn(Cc2csc3ccccc23)c1=O. The van der Waals surface area contributed by atoms with Gasteiger partial charge in [0, 0.05) is 11.7 Å². The van der Waals surface area contributed by atoms with Crippen LogP contribution in [0.15, 0.2) is 40.8 Å². The second kappa shape index (κ2) is 3.85. The van der Waals surface area contributed by atoms with Crippen molar-refractivity contribution in [2.45, 2.75) is 6.54 Å². The predicted molar refractivity (Wildman–Crippen MR) is 68.4 cm³/mol. The summed E-state index contributed by atoms with van der Waals surface area (Å²) >= 11 is 1.70. The van der Waals surface area contributed by atoms with Crippen molar-refractivity contribution in [1.82, 2.24) is 14.3 Å². The van der Waals surface area contributed by atoms with E-state index < -0.39 is 0 Å². The van der Waals surface area contributed by atoms with Gasteiger partial charge in [0.25, 0.3) is 0 Å². The second-order valence-corrected chi connectivity index (χ2v) is 4.85. The Kier molecular flexibility index (Phi) is 2.33. The molecule has 0 fully saturated rings. The van der Waals surface area contributed by atoms with Crippen LogP contribution < -0.4 is 5.69 Å². The van der Waals surface area contributed by atoms with Crippen molar-refractivity contribution in [2.75, 3.05) is 0 Å². The highest BCUT2D eigenvalue weighted by Gasteiger charge is 2.07. The molecule has 0 saturated heterocycles. The molecule has 1 aromatic carbocycles. The summed E-state index contributed by atoms with van der Waals surface area (Å²) in [6, 6.07) is 8.20. The molecule has 0 aliphatic rings. The predicted octanol–water partition coefficient (Wildman–Crippen LogP) is 1.84. The van der Waals surface area contributed by atoms with Gasteiger partial charge in [0.05, 0.1) is 6.54 Å². The minimum Gasteiger partial charge on any atom is -0.285 e. The van der Waals surface area contributed by atoms with Gasteiger partial charge in [-0.25, -0.2) is 9.48 Å². The molecule has 0 N–H and O–H groups in total. The number of hydrogen-bond acceptors (Lipinski definition) is 3. The van der Waals surface area contributed by atoms with E-state index in [0.29, 0.717) is 6.54 Å². The summed E-state index contributed by atoms with van der Waals surface area (Å²) in [7, 11) is 1.71. The molecule has 5 heteroatoms. The van der Waals surface area contributed by atoms with Crippen LogP contribution in [0.1, 0.15) is 5.56 Å². The maximum atomic E-state index is 11.7. The molecule has 0 unspecified atom stereocenters. The van der Waals surface area contributed by atoms with E-state index in [9.17, 15) is 4.79 Å². The van der Waals surface area contributed by atoms with Crippen LogP contribution in [0.25, 0.3) is 10.1 Å². The van der Waals surface area contributed by atoms with E-state index in [2.05, 4.69) is 22.6 Å². The molecule has 2 heterocycles.